The van der Waals surface area contributed by atoms with E-state index in [2.05, 4.69) is 9.64 Å². The van der Waals surface area contributed by atoms with Crippen LogP contribution in [0.15, 0.2) is 24.3 Å². The van der Waals surface area contributed by atoms with Gasteiger partial charge >= 0.3 is 12.5 Å². The molecule has 24 heavy (non-hydrogen) atoms. The molecule has 0 aromatic heterocycles. The third-order valence-corrected chi connectivity index (χ3v) is 4.45. The third-order valence-electron chi connectivity index (χ3n) is 4.45. The smallest absolute Gasteiger partial charge is 0.441 e. The number of hydrogen-bond donors (Lipinski definition) is 0. The molecule has 5 nitrogen and oxygen atoms in total. The lowest BCUT2D eigenvalue weighted by Crippen LogP contribution is -2.46. The van der Waals surface area contributed by atoms with E-state index in [0.29, 0.717) is 13.1 Å². The number of ether oxygens (including phenoxy) is 2. The van der Waals surface area contributed by atoms with Crippen LogP contribution in [0.5, 0.6) is 5.75 Å². The molecule has 0 saturated carbocycles. The first kappa shape index (κ1) is 16.9. The minimum absolute atomic E-state index is 0.208. The standard InChI is InChI=1S/C16H19F3N2O3/c1-20-11-15(24-14(20)22)5-7-21(8-6-15)10-12-3-2-4-13(9-12)23-16(17,18)19/h2-4,9H,5-8,10-11H2,1H3. The number of nitrogens with zero attached hydrogens (tertiary/aromatic N) is 2. The van der Waals surface area contributed by atoms with Gasteiger partial charge in [0.25, 0.3) is 0 Å². The molecule has 1 aromatic rings. The van der Waals surface area contributed by atoms with E-state index in [0.717, 1.165) is 31.5 Å². The lowest BCUT2D eigenvalue weighted by molar-refractivity contribution is -0.274. The fourth-order valence-corrected chi connectivity index (χ4v) is 3.27. The monoisotopic (exact) mass is 344 g/mol. The average Bonchev–Trinajstić information content (AvgIpc) is 2.75. The number of likely N-dealkylation sites (tertiary alicyclic amines) is 1. The van der Waals surface area contributed by atoms with Crippen LogP contribution in [0.4, 0.5) is 18.0 Å². The molecule has 3 rings (SSSR count). The molecule has 0 radical (unpaired) electrons. The van der Waals surface area contributed by atoms with Crippen LogP contribution in [0.3, 0.4) is 0 Å². The molecule has 1 spiro atoms. The van der Waals surface area contributed by atoms with Crippen LogP contribution < -0.4 is 4.74 Å². The molecule has 2 heterocycles. The Bertz CT molecular complexity index is 613. The Morgan fingerprint density at radius 2 is 2.00 bits per heavy atom. The van der Waals surface area contributed by atoms with Crippen LogP contribution >= 0.6 is 0 Å². The second-order valence-corrected chi connectivity index (χ2v) is 6.38. The van der Waals surface area contributed by atoms with Gasteiger partial charge in [-0.1, -0.05) is 12.1 Å². The molecule has 0 atom stereocenters. The summed E-state index contributed by atoms with van der Waals surface area (Å²) in [4.78, 5) is 15.3. The number of alkyl halides is 3. The van der Waals surface area contributed by atoms with Gasteiger partial charge in [0.15, 0.2) is 0 Å². The number of halogens is 3. The second-order valence-electron chi connectivity index (χ2n) is 6.38. The van der Waals surface area contributed by atoms with E-state index in [-0.39, 0.29) is 11.8 Å². The largest absolute Gasteiger partial charge is 0.573 e. The molecule has 0 aliphatic carbocycles. The van der Waals surface area contributed by atoms with Crippen molar-refractivity contribution in [2.75, 3.05) is 26.7 Å². The molecule has 1 amide bonds. The van der Waals surface area contributed by atoms with E-state index >= 15 is 0 Å². The highest BCUT2D eigenvalue weighted by molar-refractivity contribution is 5.70. The second kappa shape index (κ2) is 6.16. The number of carbonyl (C=O) groups excluding carboxylic acids is 1. The summed E-state index contributed by atoms with van der Waals surface area (Å²) < 4.78 is 46.3. The molecule has 2 saturated heterocycles. The van der Waals surface area contributed by atoms with Crippen LogP contribution in [0.25, 0.3) is 0 Å². The molecule has 132 valence electrons. The zero-order valence-electron chi connectivity index (χ0n) is 13.3. The Labute approximate surface area is 137 Å². The highest BCUT2D eigenvalue weighted by Gasteiger charge is 2.45. The van der Waals surface area contributed by atoms with Gasteiger partial charge in [0.1, 0.15) is 11.4 Å². The van der Waals surface area contributed by atoms with Gasteiger partial charge < -0.3 is 14.4 Å². The lowest BCUT2D eigenvalue weighted by Gasteiger charge is -2.37. The highest BCUT2D eigenvalue weighted by Crippen LogP contribution is 2.33. The number of piperidine rings is 1. The van der Waals surface area contributed by atoms with E-state index in [4.69, 9.17) is 4.74 Å². The van der Waals surface area contributed by atoms with E-state index in [9.17, 15) is 18.0 Å². The fourth-order valence-electron chi connectivity index (χ4n) is 3.27. The molecule has 0 N–H and O–H groups in total. The molecule has 2 fully saturated rings. The Balaban J connectivity index is 1.57. The van der Waals surface area contributed by atoms with Gasteiger partial charge in [-0.3, -0.25) is 4.90 Å². The molecule has 0 bridgehead atoms. The maximum atomic E-state index is 12.3. The van der Waals surface area contributed by atoms with Gasteiger partial charge in [-0.05, 0) is 17.7 Å². The summed E-state index contributed by atoms with van der Waals surface area (Å²) in [6.07, 6.45) is -3.53. The Kier molecular flexibility index (Phi) is 4.33. The minimum Gasteiger partial charge on any atom is -0.441 e. The molecule has 2 aliphatic rings. The zero-order valence-corrected chi connectivity index (χ0v) is 13.3. The van der Waals surface area contributed by atoms with E-state index in [1.54, 1.807) is 24.1 Å². The summed E-state index contributed by atoms with van der Waals surface area (Å²) in [5.74, 6) is -0.208. The maximum absolute atomic E-state index is 12.3. The van der Waals surface area contributed by atoms with Gasteiger partial charge in [0.2, 0.25) is 0 Å². The number of likely N-dealkylation sites (N-methyl/N-ethyl adjacent to an activating group) is 1. The summed E-state index contributed by atoms with van der Waals surface area (Å²) >= 11 is 0. The van der Waals surface area contributed by atoms with Crippen molar-refractivity contribution in [1.82, 2.24) is 9.80 Å². The van der Waals surface area contributed by atoms with Crippen molar-refractivity contribution in [3.8, 4) is 5.75 Å². The van der Waals surface area contributed by atoms with E-state index in [1.807, 2.05) is 0 Å². The first-order valence-corrected chi connectivity index (χ1v) is 7.76. The van der Waals surface area contributed by atoms with Crippen molar-refractivity contribution in [2.45, 2.75) is 31.3 Å². The van der Waals surface area contributed by atoms with Gasteiger partial charge in [-0.15, -0.1) is 13.2 Å². The Hall–Kier alpha value is -1.96. The molecule has 8 heteroatoms. The molecule has 0 unspecified atom stereocenters. The topological polar surface area (TPSA) is 42.0 Å². The molecule has 1 aromatic carbocycles. The SMILES string of the molecule is CN1CC2(CCN(Cc3cccc(OC(F)(F)F)c3)CC2)OC1=O. The lowest BCUT2D eigenvalue weighted by atomic mass is 9.91. The number of hydrogen-bond acceptors (Lipinski definition) is 4. The maximum Gasteiger partial charge on any atom is 0.573 e. The van der Waals surface area contributed by atoms with E-state index < -0.39 is 12.0 Å². The molecular weight excluding hydrogens is 325 g/mol. The van der Waals surface area contributed by atoms with Gasteiger partial charge in [-0.2, -0.15) is 0 Å². The molecule has 2 aliphatic heterocycles. The summed E-state index contributed by atoms with van der Waals surface area (Å²) in [5, 5.41) is 0. The summed E-state index contributed by atoms with van der Waals surface area (Å²) in [6, 6.07) is 6.02. The summed E-state index contributed by atoms with van der Waals surface area (Å²) in [5.41, 5.74) is 0.345. The van der Waals surface area contributed by atoms with Gasteiger partial charge in [-0.25, -0.2) is 4.79 Å². The predicted octanol–water partition coefficient (Wildman–Crippen LogP) is 3.00. The Morgan fingerprint density at radius 3 is 2.58 bits per heavy atom. The van der Waals surface area contributed by atoms with E-state index in [1.165, 1.54) is 12.1 Å². The van der Waals surface area contributed by atoms with Crippen molar-refractivity contribution in [2.24, 2.45) is 0 Å². The summed E-state index contributed by atoms with van der Waals surface area (Å²) in [6.45, 7) is 2.58. The number of rotatable bonds is 3. The zero-order chi connectivity index (χ0) is 17.4. The van der Waals surface area contributed by atoms with Crippen molar-refractivity contribution in [3.63, 3.8) is 0 Å². The quantitative estimate of drug-likeness (QED) is 0.845. The third kappa shape index (κ3) is 3.92. The number of benzene rings is 1. The van der Waals surface area contributed by atoms with Crippen LogP contribution in [0, 0.1) is 0 Å². The van der Waals surface area contributed by atoms with Gasteiger partial charge in [0, 0.05) is 39.5 Å². The van der Waals surface area contributed by atoms with Crippen LogP contribution in [0.2, 0.25) is 0 Å². The van der Waals surface area contributed by atoms with Crippen LogP contribution in [-0.4, -0.2) is 54.5 Å². The van der Waals surface area contributed by atoms with Crippen molar-refractivity contribution < 1.29 is 27.4 Å². The normalized spacial score (nSPS) is 21.2. The highest BCUT2D eigenvalue weighted by atomic mass is 19.4. The first-order valence-electron chi connectivity index (χ1n) is 7.76. The fraction of sp³-hybridized carbons (Fsp3) is 0.562. The van der Waals surface area contributed by atoms with Gasteiger partial charge in [0.05, 0.1) is 6.54 Å². The predicted molar refractivity (Wildman–Crippen MR) is 79.5 cm³/mol. The average molecular weight is 344 g/mol. The molecular formula is C16H19F3N2O3. The van der Waals surface area contributed by atoms with Crippen molar-refractivity contribution in [3.05, 3.63) is 29.8 Å². The van der Waals surface area contributed by atoms with Crippen LogP contribution in [-0.2, 0) is 11.3 Å². The number of carbonyl (C=O) groups is 1. The Morgan fingerprint density at radius 1 is 1.29 bits per heavy atom. The first-order chi connectivity index (χ1) is 11.2. The minimum atomic E-state index is -4.69. The summed E-state index contributed by atoms with van der Waals surface area (Å²) in [7, 11) is 1.72. The van der Waals surface area contributed by atoms with Crippen molar-refractivity contribution in [1.29, 1.82) is 0 Å². The van der Waals surface area contributed by atoms with Crippen molar-refractivity contribution >= 4 is 6.09 Å². The number of amides is 1. The van der Waals surface area contributed by atoms with Crippen LogP contribution in [0.1, 0.15) is 18.4 Å².